The fourth-order valence-electron chi connectivity index (χ4n) is 2.27. The van der Waals surface area contributed by atoms with Crippen LogP contribution in [0, 0.1) is 12.8 Å². The number of ether oxygens (including phenoxy) is 1. The highest BCUT2D eigenvalue weighted by Gasteiger charge is 2.36. The van der Waals surface area contributed by atoms with Crippen molar-refractivity contribution >= 4 is 18.4 Å². The molecule has 0 saturated carbocycles. The van der Waals surface area contributed by atoms with Gasteiger partial charge in [0, 0.05) is 0 Å². The van der Waals surface area contributed by atoms with Crippen molar-refractivity contribution in [2.45, 2.75) is 26.9 Å². The van der Waals surface area contributed by atoms with Gasteiger partial charge < -0.3 is 9.84 Å². The van der Waals surface area contributed by atoms with Crippen molar-refractivity contribution in [1.29, 1.82) is 0 Å². The minimum absolute atomic E-state index is 0.0421. The molecule has 0 amide bonds. The van der Waals surface area contributed by atoms with Crippen molar-refractivity contribution < 1.29 is 24.2 Å². The average Bonchev–Trinajstić information content (AvgIpc) is 2.37. The van der Waals surface area contributed by atoms with Crippen LogP contribution in [0.15, 0.2) is 0 Å². The first-order chi connectivity index (χ1) is 8.93. The first-order valence-corrected chi connectivity index (χ1v) is 5.94. The summed E-state index contributed by atoms with van der Waals surface area (Å²) >= 11 is 0. The summed E-state index contributed by atoms with van der Waals surface area (Å²) in [5.74, 6) is -0.908. The zero-order valence-electron chi connectivity index (χ0n) is 10.9. The Bertz CT molecular complexity index is 588. The van der Waals surface area contributed by atoms with Crippen LogP contribution in [0.3, 0.4) is 0 Å². The number of benzene rings is 1. The molecule has 0 saturated heterocycles. The van der Waals surface area contributed by atoms with Gasteiger partial charge in [-0.05, 0) is 19.4 Å². The summed E-state index contributed by atoms with van der Waals surface area (Å²) in [6.07, 6.45) is 0.449. The van der Waals surface area contributed by atoms with E-state index in [2.05, 4.69) is 0 Å². The third kappa shape index (κ3) is 1.73. The molecule has 2 rings (SSSR count). The molecule has 0 aliphatic carbocycles. The number of hydrogen-bond acceptors (Lipinski definition) is 5. The summed E-state index contributed by atoms with van der Waals surface area (Å²) in [6, 6.07) is 0. The molecule has 19 heavy (non-hydrogen) atoms. The molecule has 5 heteroatoms. The molecule has 2 atom stereocenters. The molecule has 0 bridgehead atoms. The summed E-state index contributed by atoms with van der Waals surface area (Å²) in [6.45, 7) is 5.00. The average molecular weight is 262 g/mol. The van der Waals surface area contributed by atoms with Crippen LogP contribution >= 0.6 is 0 Å². The molecular weight excluding hydrogens is 248 g/mol. The minimum Gasteiger partial charge on any atom is -0.506 e. The van der Waals surface area contributed by atoms with Crippen LogP contribution in [0.25, 0.3) is 0 Å². The van der Waals surface area contributed by atoms with E-state index in [1.165, 1.54) is 0 Å². The van der Waals surface area contributed by atoms with Crippen molar-refractivity contribution in [3.63, 3.8) is 0 Å². The zero-order chi connectivity index (χ0) is 14.3. The standard InChI is InChI=1S/C14H14O5/c1-6-8(3)19-14-10(5-16)13(18)9(4-15)7(2)11(14)12(6)17/h4-6,8,18H,1-3H3. The Balaban J connectivity index is 2.87. The van der Waals surface area contributed by atoms with E-state index in [1.54, 1.807) is 20.8 Å². The molecule has 0 fully saturated rings. The highest BCUT2D eigenvalue weighted by atomic mass is 16.5. The molecular formula is C14H14O5. The quantitative estimate of drug-likeness (QED) is 0.823. The van der Waals surface area contributed by atoms with Crippen molar-refractivity contribution in [2.24, 2.45) is 5.92 Å². The Morgan fingerprint density at radius 3 is 2.26 bits per heavy atom. The molecule has 1 aliphatic rings. The molecule has 0 spiro atoms. The molecule has 1 aliphatic heterocycles. The van der Waals surface area contributed by atoms with Crippen LogP contribution in [0.4, 0.5) is 0 Å². The number of fused-ring (bicyclic) bond motifs is 1. The largest absolute Gasteiger partial charge is 0.506 e. The van der Waals surface area contributed by atoms with Crippen LogP contribution in [0.2, 0.25) is 0 Å². The number of rotatable bonds is 2. The van der Waals surface area contributed by atoms with Crippen LogP contribution in [-0.2, 0) is 0 Å². The molecule has 2 unspecified atom stereocenters. The van der Waals surface area contributed by atoms with E-state index in [0.29, 0.717) is 18.1 Å². The van der Waals surface area contributed by atoms with Gasteiger partial charge in [0.15, 0.2) is 18.4 Å². The normalized spacial score (nSPS) is 21.5. The van der Waals surface area contributed by atoms with Crippen LogP contribution in [-0.4, -0.2) is 29.6 Å². The number of aldehydes is 2. The first-order valence-electron chi connectivity index (χ1n) is 5.94. The topological polar surface area (TPSA) is 80.7 Å². The summed E-state index contributed by atoms with van der Waals surface area (Å²) in [7, 11) is 0. The van der Waals surface area contributed by atoms with Crippen molar-refractivity contribution in [3.05, 3.63) is 22.3 Å². The van der Waals surface area contributed by atoms with E-state index in [0.717, 1.165) is 0 Å². The second kappa shape index (κ2) is 4.50. The van der Waals surface area contributed by atoms with E-state index in [1.807, 2.05) is 0 Å². The molecule has 1 heterocycles. The zero-order valence-corrected chi connectivity index (χ0v) is 10.9. The van der Waals surface area contributed by atoms with E-state index < -0.39 is 5.75 Å². The van der Waals surface area contributed by atoms with Crippen molar-refractivity contribution in [3.8, 4) is 11.5 Å². The Hall–Kier alpha value is -2.17. The number of ketones is 1. The second-order valence-electron chi connectivity index (χ2n) is 4.72. The van der Waals surface area contributed by atoms with Gasteiger partial charge in [-0.2, -0.15) is 0 Å². The van der Waals surface area contributed by atoms with E-state index in [9.17, 15) is 19.5 Å². The minimum atomic E-state index is -0.434. The molecule has 1 aromatic carbocycles. The lowest BCUT2D eigenvalue weighted by Crippen LogP contribution is -2.35. The molecule has 5 nitrogen and oxygen atoms in total. The lowest BCUT2D eigenvalue weighted by atomic mass is 9.85. The van der Waals surface area contributed by atoms with Gasteiger partial charge in [0.1, 0.15) is 17.6 Å². The van der Waals surface area contributed by atoms with Gasteiger partial charge in [-0.25, -0.2) is 0 Å². The molecule has 1 aromatic rings. The SMILES string of the molecule is Cc1c(C=O)c(O)c(C=O)c2c1C(=O)C(C)C(C)O2. The maximum absolute atomic E-state index is 12.3. The predicted octanol–water partition coefficient (Wildman–Crippen LogP) is 1.93. The summed E-state index contributed by atoms with van der Waals surface area (Å²) in [5, 5.41) is 9.91. The van der Waals surface area contributed by atoms with Gasteiger partial charge in [-0.3, -0.25) is 14.4 Å². The van der Waals surface area contributed by atoms with Gasteiger partial charge in [0.2, 0.25) is 0 Å². The summed E-state index contributed by atoms with van der Waals surface area (Å²) in [4.78, 5) is 34.4. The van der Waals surface area contributed by atoms with Gasteiger partial charge in [0.25, 0.3) is 0 Å². The van der Waals surface area contributed by atoms with E-state index >= 15 is 0 Å². The first kappa shape index (κ1) is 13.3. The van der Waals surface area contributed by atoms with Gasteiger partial charge >= 0.3 is 0 Å². The van der Waals surface area contributed by atoms with E-state index in [-0.39, 0.29) is 40.2 Å². The summed E-state index contributed by atoms with van der Waals surface area (Å²) in [5.41, 5.74) is 0.374. The fourth-order valence-corrected chi connectivity index (χ4v) is 2.27. The summed E-state index contributed by atoms with van der Waals surface area (Å²) < 4.78 is 5.57. The number of aromatic hydroxyl groups is 1. The molecule has 1 N–H and O–H groups in total. The fraction of sp³-hybridized carbons (Fsp3) is 0.357. The van der Waals surface area contributed by atoms with Gasteiger partial charge in [-0.15, -0.1) is 0 Å². The predicted molar refractivity (Wildman–Crippen MR) is 67.2 cm³/mol. The maximum atomic E-state index is 12.3. The molecule has 0 aromatic heterocycles. The number of hydrogen-bond donors (Lipinski definition) is 1. The highest BCUT2D eigenvalue weighted by molar-refractivity contribution is 6.08. The third-order valence-electron chi connectivity index (χ3n) is 3.66. The van der Waals surface area contributed by atoms with Gasteiger partial charge in [0.05, 0.1) is 22.6 Å². The lowest BCUT2D eigenvalue weighted by Gasteiger charge is -2.30. The Kier molecular flexibility index (Phi) is 3.14. The molecule has 0 radical (unpaired) electrons. The third-order valence-corrected chi connectivity index (χ3v) is 3.66. The van der Waals surface area contributed by atoms with Crippen molar-refractivity contribution in [2.75, 3.05) is 0 Å². The maximum Gasteiger partial charge on any atom is 0.173 e. The smallest absolute Gasteiger partial charge is 0.173 e. The van der Waals surface area contributed by atoms with Gasteiger partial charge in [-0.1, -0.05) is 6.92 Å². The number of phenols is 1. The van der Waals surface area contributed by atoms with Crippen LogP contribution in [0.1, 0.15) is 50.5 Å². The number of phenolic OH excluding ortho intramolecular Hbond substituents is 1. The highest BCUT2D eigenvalue weighted by Crippen LogP contribution is 2.41. The lowest BCUT2D eigenvalue weighted by molar-refractivity contribution is 0.0725. The van der Waals surface area contributed by atoms with E-state index in [4.69, 9.17) is 4.74 Å². The Morgan fingerprint density at radius 1 is 1.16 bits per heavy atom. The second-order valence-corrected chi connectivity index (χ2v) is 4.72. The monoisotopic (exact) mass is 262 g/mol. The molecule has 100 valence electrons. The van der Waals surface area contributed by atoms with Crippen LogP contribution < -0.4 is 4.74 Å². The Morgan fingerprint density at radius 2 is 1.74 bits per heavy atom. The number of carbonyl (C=O) groups is 3. The number of Topliss-reactive ketones (excluding diaryl/α,β-unsaturated/α-hetero) is 1. The number of carbonyl (C=O) groups excluding carboxylic acids is 3. The van der Waals surface area contributed by atoms with Crippen LogP contribution in [0.5, 0.6) is 11.5 Å². The Labute approximate surface area is 110 Å². The van der Waals surface area contributed by atoms with Crippen molar-refractivity contribution in [1.82, 2.24) is 0 Å².